The lowest BCUT2D eigenvalue weighted by atomic mass is 9.68. The highest BCUT2D eigenvalue weighted by Crippen LogP contribution is 2.60. The van der Waals surface area contributed by atoms with Crippen molar-refractivity contribution in [1.29, 1.82) is 5.26 Å². The van der Waals surface area contributed by atoms with E-state index in [9.17, 15) is 10.4 Å². The third kappa shape index (κ3) is 1.37. The van der Waals surface area contributed by atoms with Crippen LogP contribution in [0.4, 0.5) is 0 Å². The normalized spacial score (nSPS) is 35.7. The van der Waals surface area contributed by atoms with Crippen molar-refractivity contribution in [3.63, 3.8) is 0 Å². The molecule has 0 radical (unpaired) electrons. The summed E-state index contributed by atoms with van der Waals surface area (Å²) in [4.78, 5) is 0. The predicted molar refractivity (Wildman–Crippen MR) is 66.4 cm³/mol. The fourth-order valence-corrected chi connectivity index (χ4v) is 3.97. The van der Waals surface area contributed by atoms with E-state index in [4.69, 9.17) is 0 Å². The molecule has 18 heavy (non-hydrogen) atoms. The Balaban J connectivity index is 1.99. The number of fused-ring (bicyclic) bond motifs is 2. The summed E-state index contributed by atoms with van der Waals surface area (Å²) in [6.07, 6.45) is 5.31. The largest absolute Gasteiger partial charge is 0.387 e. The van der Waals surface area contributed by atoms with Gasteiger partial charge in [0.2, 0.25) is 0 Å². The molecule has 4 heteroatoms. The van der Waals surface area contributed by atoms with Gasteiger partial charge in [0.25, 0.3) is 0 Å². The SMILES string of the molecule is Cc1c(C(O)C2(C#N)CC3CCC2C3)cnn1C. The lowest BCUT2D eigenvalue weighted by Gasteiger charge is -2.35. The van der Waals surface area contributed by atoms with Crippen LogP contribution in [0, 0.1) is 35.5 Å². The van der Waals surface area contributed by atoms with Gasteiger partial charge in [0, 0.05) is 18.3 Å². The Labute approximate surface area is 107 Å². The summed E-state index contributed by atoms with van der Waals surface area (Å²) in [6.45, 7) is 1.95. The molecule has 2 fully saturated rings. The minimum Gasteiger partial charge on any atom is -0.387 e. The molecule has 2 saturated carbocycles. The van der Waals surface area contributed by atoms with Gasteiger partial charge in [0.05, 0.1) is 17.7 Å². The first-order valence-electron chi connectivity index (χ1n) is 6.66. The maximum absolute atomic E-state index is 10.7. The third-order valence-corrected chi connectivity index (χ3v) is 5.16. The Morgan fingerprint density at radius 3 is 2.83 bits per heavy atom. The van der Waals surface area contributed by atoms with E-state index in [0.29, 0.717) is 11.8 Å². The van der Waals surface area contributed by atoms with Crippen molar-refractivity contribution in [2.75, 3.05) is 0 Å². The minimum atomic E-state index is -0.688. The maximum Gasteiger partial charge on any atom is 0.101 e. The number of aliphatic hydroxyl groups excluding tert-OH is 1. The second-order valence-corrected chi connectivity index (χ2v) is 5.94. The average Bonchev–Trinajstić information content (AvgIpc) is 3.05. The second kappa shape index (κ2) is 3.83. The highest BCUT2D eigenvalue weighted by molar-refractivity contribution is 5.27. The molecule has 3 rings (SSSR count). The number of nitrogens with zero attached hydrogens (tertiary/aromatic N) is 3. The molecule has 4 atom stereocenters. The molecule has 1 aromatic rings. The van der Waals surface area contributed by atoms with E-state index < -0.39 is 11.5 Å². The van der Waals surface area contributed by atoms with Crippen molar-refractivity contribution in [3.05, 3.63) is 17.5 Å². The molecule has 0 spiro atoms. The number of hydrogen-bond acceptors (Lipinski definition) is 3. The molecule has 1 N–H and O–H groups in total. The van der Waals surface area contributed by atoms with Crippen LogP contribution in [0.25, 0.3) is 0 Å². The Kier molecular flexibility index (Phi) is 2.49. The molecule has 0 saturated heterocycles. The number of aromatic nitrogens is 2. The first-order valence-corrected chi connectivity index (χ1v) is 6.66. The van der Waals surface area contributed by atoms with Crippen molar-refractivity contribution in [3.8, 4) is 6.07 Å². The van der Waals surface area contributed by atoms with Gasteiger partial charge in [-0.05, 0) is 38.0 Å². The van der Waals surface area contributed by atoms with E-state index in [2.05, 4.69) is 11.2 Å². The zero-order valence-corrected chi connectivity index (χ0v) is 10.9. The molecule has 4 unspecified atom stereocenters. The van der Waals surface area contributed by atoms with Crippen LogP contribution in [0.15, 0.2) is 6.20 Å². The van der Waals surface area contributed by atoms with E-state index in [0.717, 1.165) is 30.5 Å². The Hall–Kier alpha value is -1.34. The summed E-state index contributed by atoms with van der Waals surface area (Å²) in [7, 11) is 1.87. The van der Waals surface area contributed by atoms with Crippen molar-refractivity contribution >= 4 is 0 Å². The summed E-state index contributed by atoms with van der Waals surface area (Å²) >= 11 is 0. The quantitative estimate of drug-likeness (QED) is 0.867. The zero-order chi connectivity index (χ0) is 12.9. The number of aliphatic hydroxyl groups is 1. The lowest BCUT2D eigenvalue weighted by Crippen LogP contribution is -2.33. The first kappa shape index (κ1) is 11.7. The van der Waals surface area contributed by atoms with E-state index in [-0.39, 0.29) is 0 Å². The smallest absolute Gasteiger partial charge is 0.101 e. The molecule has 0 aromatic carbocycles. The Bertz CT molecular complexity index is 516. The summed E-state index contributed by atoms with van der Waals surface area (Å²) in [5.74, 6) is 1.00. The molecule has 2 aliphatic carbocycles. The number of aryl methyl sites for hydroxylation is 1. The maximum atomic E-state index is 10.7. The fourth-order valence-electron chi connectivity index (χ4n) is 3.97. The molecule has 4 nitrogen and oxygen atoms in total. The fraction of sp³-hybridized carbons (Fsp3) is 0.714. The predicted octanol–water partition coefficient (Wildman–Crippen LogP) is 2.09. The highest BCUT2D eigenvalue weighted by Gasteiger charge is 2.56. The van der Waals surface area contributed by atoms with Crippen molar-refractivity contribution in [2.24, 2.45) is 24.3 Å². The van der Waals surface area contributed by atoms with Gasteiger partial charge in [-0.25, -0.2) is 0 Å². The number of hydrogen-bond donors (Lipinski definition) is 1. The molecule has 96 valence electrons. The van der Waals surface area contributed by atoms with E-state index in [1.807, 2.05) is 14.0 Å². The molecule has 1 heterocycles. The molecule has 2 bridgehead atoms. The van der Waals surface area contributed by atoms with Crippen LogP contribution in [0.3, 0.4) is 0 Å². The van der Waals surface area contributed by atoms with Crippen molar-refractivity contribution in [2.45, 2.75) is 38.7 Å². The van der Waals surface area contributed by atoms with E-state index in [1.165, 1.54) is 6.42 Å². The van der Waals surface area contributed by atoms with Crippen LogP contribution < -0.4 is 0 Å². The summed E-state index contributed by atoms with van der Waals surface area (Å²) in [6, 6.07) is 2.46. The molecule has 0 amide bonds. The van der Waals surface area contributed by atoms with Gasteiger partial charge in [-0.2, -0.15) is 10.4 Å². The monoisotopic (exact) mass is 245 g/mol. The summed E-state index contributed by atoms with van der Waals surface area (Å²) in [5, 5.41) is 24.5. The third-order valence-electron chi connectivity index (χ3n) is 5.16. The summed E-state index contributed by atoms with van der Waals surface area (Å²) < 4.78 is 1.76. The van der Waals surface area contributed by atoms with Crippen LogP contribution >= 0.6 is 0 Å². The molecule has 0 aliphatic heterocycles. The second-order valence-electron chi connectivity index (χ2n) is 5.94. The van der Waals surface area contributed by atoms with Crippen molar-refractivity contribution < 1.29 is 5.11 Å². The standard InChI is InChI=1S/C14H19N3O/c1-9-12(7-16-17(9)2)13(18)14(8-15)6-10-3-4-11(14)5-10/h7,10-11,13,18H,3-6H2,1-2H3. The highest BCUT2D eigenvalue weighted by atomic mass is 16.3. The van der Waals surface area contributed by atoms with Crippen molar-refractivity contribution in [1.82, 2.24) is 9.78 Å². The number of nitriles is 1. The van der Waals surface area contributed by atoms with Crippen LogP contribution in [-0.2, 0) is 7.05 Å². The van der Waals surface area contributed by atoms with Gasteiger partial charge in [-0.1, -0.05) is 6.42 Å². The van der Waals surface area contributed by atoms with Crippen LogP contribution in [-0.4, -0.2) is 14.9 Å². The molecule has 1 aromatic heterocycles. The minimum absolute atomic E-state index is 0.363. The topological polar surface area (TPSA) is 61.8 Å². The van der Waals surface area contributed by atoms with E-state index in [1.54, 1.807) is 10.9 Å². The van der Waals surface area contributed by atoms with Gasteiger partial charge in [-0.15, -0.1) is 0 Å². The van der Waals surface area contributed by atoms with Crippen LogP contribution in [0.5, 0.6) is 0 Å². The number of rotatable bonds is 2. The summed E-state index contributed by atoms with van der Waals surface area (Å²) in [5.41, 5.74) is 1.21. The molecular weight excluding hydrogens is 226 g/mol. The Morgan fingerprint density at radius 1 is 1.61 bits per heavy atom. The Morgan fingerprint density at radius 2 is 2.39 bits per heavy atom. The lowest BCUT2D eigenvalue weighted by molar-refractivity contribution is 0.0228. The molecular formula is C14H19N3O. The van der Waals surface area contributed by atoms with Gasteiger partial charge >= 0.3 is 0 Å². The zero-order valence-electron chi connectivity index (χ0n) is 10.9. The first-order chi connectivity index (χ1) is 8.58. The van der Waals surface area contributed by atoms with Gasteiger partial charge in [-0.3, -0.25) is 4.68 Å². The van der Waals surface area contributed by atoms with Gasteiger partial charge in [0.1, 0.15) is 6.10 Å². The van der Waals surface area contributed by atoms with Gasteiger partial charge < -0.3 is 5.11 Å². The average molecular weight is 245 g/mol. The van der Waals surface area contributed by atoms with Gasteiger partial charge in [0.15, 0.2) is 0 Å². The van der Waals surface area contributed by atoms with E-state index >= 15 is 0 Å². The van der Waals surface area contributed by atoms with Crippen LogP contribution in [0.2, 0.25) is 0 Å². The molecule has 2 aliphatic rings. The van der Waals surface area contributed by atoms with Crippen LogP contribution in [0.1, 0.15) is 43.0 Å².